The maximum Gasteiger partial charge on any atom is 0.435 e. The van der Waals surface area contributed by atoms with Crippen molar-refractivity contribution in [3.05, 3.63) is 11.4 Å². The van der Waals surface area contributed by atoms with E-state index in [0.717, 1.165) is 0 Å². The Bertz CT molecular complexity index is 373. The predicted molar refractivity (Wildman–Crippen MR) is 40.6 cm³/mol. The van der Waals surface area contributed by atoms with Gasteiger partial charge in [-0.3, -0.25) is 4.79 Å². The number of amides is 1. The van der Waals surface area contributed by atoms with Gasteiger partial charge in [-0.2, -0.15) is 13.2 Å². The van der Waals surface area contributed by atoms with Crippen molar-refractivity contribution in [2.75, 3.05) is 6.61 Å². The highest BCUT2D eigenvalue weighted by Crippen LogP contribution is 2.30. The van der Waals surface area contributed by atoms with Crippen molar-refractivity contribution in [1.82, 2.24) is 15.0 Å². The van der Waals surface area contributed by atoms with Crippen LogP contribution >= 0.6 is 0 Å². The SMILES string of the molecule is NC(=O)c1nnn(CCO)c1C(F)(F)F. The summed E-state index contributed by atoms with van der Waals surface area (Å²) >= 11 is 0. The second kappa shape index (κ2) is 3.85. The highest BCUT2D eigenvalue weighted by Gasteiger charge is 2.40. The van der Waals surface area contributed by atoms with Crippen molar-refractivity contribution in [2.24, 2.45) is 5.73 Å². The second-order valence-electron chi connectivity index (χ2n) is 2.60. The van der Waals surface area contributed by atoms with Gasteiger partial charge in [0.05, 0.1) is 13.2 Å². The number of hydrogen-bond donors (Lipinski definition) is 2. The monoisotopic (exact) mass is 224 g/mol. The highest BCUT2D eigenvalue weighted by atomic mass is 19.4. The number of primary amides is 1. The molecule has 0 aliphatic rings. The molecule has 0 saturated carbocycles. The summed E-state index contributed by atoms with van der Waals surface area (Å²) in [5.74, 6) is -1.31. The van der Waals surface area contributed by atoms with E-state index in [1.807, 2.05) is 0 Å². The third-order valence-corrected chi connectivity index (χ3v) is 1.55. The van der Waals surface area contributed by atoms with Gasteiger partial charge in [0.25, 0.3) is 5.91 Å². The first-order valence-corrected chi connectivity index (χ1v) is 3.79. The maximum atomic E-state index is 12.4. The predicted octanol–water partition coefficient (Wildman–Crippen LogP) is -0.612. The number of aliphatic hydroxyl groups excluding tert-OH is 1. The van der Waals surface area contributed by atoms with E-state index in [1.54, 1.807) is 0 Å². The Labute approximate surface area is 81.5 Å². The molecule has 0 aromatic carbocycles. The fraction of sp³-hybridized carbons (Fsp3) is 0.500. The molecule has 9 heteroatoms. The van der Waals surface area contributed by atoms with Crippen LogP contribution in [0, 0.1) is 0 Å². The zero-order valence-corrected chi connectivity index (χ0v) is 7.32. The quantitative estimate of drug-likeness (QED) is 0.715. The zero-order valence-electron chi connectivity index (χ0n) is 7.32. The molecular weight excluding hydrogens is 217 g/mol. The Morgan fingerprint density at radius 2 is 2.13 bits per heavy atom. The van der Waals surface area contributed by atoms with Crippen molar-refractivity contribution in [3.63, 3.8) is 0 Å². The summed E-state index contributed by atoms with van der Waals surface area (Å²) in [4.78, 5) is 10.6. The number of halogens is 3. The maximum absolute atomic E-state index is 12.4. The third-order valence-electron chi connectivity index (χ3n) is 1.55. The number of aromatic nitrogens is 3. The number of nitrogens with zero attached hydrogens (tertiary/aromatic N) is 3. The molecule has 6 nitrogen and oxygen atoms in total. The van der Waals surface area contributed by atoms with Crippen LogP contribution in [-0.4, -0.2) is 32.6 Å². The average Bonchev–Trinajstić information content (AvgIpc) is 2.47. The first-order chi connectivity index (χ1) is 6.88. The average molecular weight is 224 g/mol. The molecule has 0 radical (unpaired) electrons. The summed E-state index contributed by atoms with van der Waals surface area (Å²) in [5, 5.41) is 14.6. The summed E-state index contributed by atoms with van der Waals surface area (Å²) in [6.45, 7) is -0.959. The number of aliphatic hydroxyl groups is 1. The molecule has 84 valence electrons. The lowest BCUT2D eigenvalue weighted by molar-refractivity contribution is -0.144. The summed E-state index contributed by atoms with van der Waals surface area (Å²) in [6, 6.07) is 0. The Balaban J connectivity index is 3.27. The van der Waals surface area contributed by atoms with Crippen molar-refractivity contribution in [2.45, 2.75) is 12.7 Å². The van der Waals surface area contributed by atoms with Crippen LogP contribution < -0.4 is 5.73 Å². The van der Waals surface area contributed by atoms with Crippen LogP contribution in [0.4, 0.5) is 13.2 Å². The number of nitrogens with two attached hydrogens (primary N) is 1. The van der Waals surface area contributed by atoms with Crippen LogP contribution in [0.15, 0.2) is 0 Å². The van der Waals surface area contributed by atoms with E-state index < -0.39 is 36.6 Å². The van der Waals surface area contributed by atoms with Gasteiger partial charge in [0.15, 0.2) is 11.4 Å². The van der Waals surface area contributed by atoms with E-state index in [2.05, 4.69) is 10.3 Å². The minimum absolute atomic E-state index is 0.389. The lowest BCUT2D eigenvalue weighted by Gasteiger charge is -2.08. The number of carbonyl (C=O) groups excluding carboxylic acids is 1. The van der Waals surface area contributed by atoms with E-state index in [-0.39, 0.29) is 0 Å². The standard InChI is InChI=1S/C6H7F3N4O2/c7-6(8,9)4-3(5(10)15)11-12-13(4)1-2-14/h14H,1-2H2,(H2,10,15). The van der Waals surface area contributed by atoms with Gasteiger partial charge in [-0.1, -0.05) is 5.21 Å². The van der Waals surface area contributed by atoms with Crippen LogP contribution in [0.3, 0.4) is 0 Å². The molecule has 0 spiro atoms. The summed E-state index contributed by atoms with van der Waals surface area (Å²) < 4.78 is 37.7. The molecule has 1 heterocycles. The molecule has 0 fully saturated rings. The van der Waals surface area contributed by atoms with Crippen LogP contribution in [-0.2, 0) is 12.7 Å². The number of carbonyl (C=O) groups is 1. The minimum atomic E-state index is -4.79. The van der Waals surface area contributed by atoms with E-state index in [4.69, 9.17) is 10.8 Å². The van der Waals surface area contributed by atoms with Crippen molar-refractivity contribution < 1.29 is 23.1 Å². The van der Waals surface area contributed by atoms with Crippen LogP contribution in [0.2, 0.25) is 0 Å². The first kappa shape index (κ1) is 11.4. The van der Waals surface area contributed by atoms with Gasteiger partial charge in [-0.05, 0) is 0 Å². The smallest absolute Gasteiger partial charge is 0.394 e. The van der Waals surface area contributed by atoms with Crippen LogP contribution in [0.5, 0.6) is 0 Å². The van der Waals surface area contributed by atoms with Gasteiger partial charge >= 0.3 is 6.18 Å². The fourth-order valence-electron chi connectivity index (χ4n) is 1.01. The molecule has 3 N–H and O–H groups in total. The van der Waals surface area contributed by atoms with Crippen molar-refractivity contribution in [1.29, 1.82) is 0 Å². The Kier molecular flexibility index (Phi) is 2.93. The molecule has 15 heavy (non-hydrogen) atoms. The summed E-state index contributed by atoms with van der Waals surface area (Å²) in [6.07, 6.45) is -4.79. The summed E-state index contributed by atoms with van der Waals surface area (Å²) in [5.41, 5.74) is 2.41. The molecule has 1 amide bonds. The Morgan fingerprint density at radius 3 is 2.53 bits per heavy atom. The van der Waals surface area contributed by atoms with Crippen molar-refractivity contribution >= 4 is 5.91 Å². The van der Waals surface area contributed by atoms with Crippen molar-refractivity contribution in [3.8, 4) is 0 Å². The van der Waals surface area contributed by atoms with E-state index in [1.165, 1.54) is 0 Å². The van der Waals surface area contributed by atoms with Gasteiger partial charge < -0.3 is 10.8 Å². The second-order valence-corrected chi connectivity index (χ2v) is 2.60. The van der Waals surface area contributed by atoms with Gasteiger partial charge in [0, 0.05) is 0 Å². The lowest BCUT2D eigenvalue weighted by Crippen LogP contribution is -2.22. The first-order valence-electron chi connectivity index (χ1n) is 3.79. The molecule has 0 atom stereocenters. The molecule has 0 aliphatic carbocycles. The number of rotatable bonds is 3. The molecule has 0 aliphatic heterocycles. The topological polar surface area (TPSA) is 94.0 Å². The molecule has 1 aromatic rings. The highest BCUT2D eigenvalue weighted by molar-refractivity contribution is 5.91. The van der Waals surface area contributed by atoms with Crippen LogP contribution in [0.25, 0.3) is 0 Å². The Morgan fingerprint density at radius 1 is 1.53 bits per heavy atom. The Hall–Kier alpha value is -1.64. The summed E-state index contributed by atoms with van der Waals surface area (Å²) in [7, 11) is 0. The minimum Gasteiger partial charge on any atom is -0.394 e. The van der Waals surface area contributed by atoms with Gasteiger partial charge in [0.2, 0.25) is 0 Å². The van der Waals surface area contributed by atoms with Crippen LogP contribution in [0.1, 0.15) is 16.2 Å². The molecule has 1 aromatic heterocycles. The van der Waals surface area contributed by atoms with E-state index in [0.29, 0.717) is 4.68 Å². The lowest BCUT2D eigenvalue weighted by atomic mass is 10.3. The normalized spacial score (nSPS) is 11.7. The zero-order chi connectivity index (χ0) is 11.6. The van der Waals surface area contributed by atoms with E-state index >= 15 is 0 Å². The fourth-order valence-corrected chi connectivity index (χ4v) is 1.01. The van der Waals surface area contributed by atoms with Gasteiger partial charge in [-0.25, -0.2) is 4.68 Å². The van der Waals surface area contributed by atoms with Gasteiger partial charge in [-0.15, -0.1) is 5.10 Å². The molecule has 0 saturated heterocycles. The molecule has 1 rings (SSSR count). The molecule has 0 bridgehead atoms. The molecular formula is C6H7F3N4O2. The van der Waals surface area contributed by atoms with E-state index in [9.17, 15) is 18.0 Å². The molecule has 0 unspecified atom stereocenters. The largest absolute Gasteiger partial charge is 0.435 e. The third kappa shape index (κ3) is 2.24. The number of alkyl halides is 3. The number of hydrogen-bond acceptors (Lipinski definition) is 4. The van der Waals surface area contributed by atoms with Gasteiger partial charge in [0.1, 0.15) is 0 Å².